The monoisotopic (exact) mass is 224 g/mol. The number of carbonyl (C=O) groups is 1. The van der Waals surface area contributed by atoms with Gasteiger partial charge in [-0.15, -0.1) is 0 Å². The smallest absolute Gasteiger partial charge is 0.254 e. The predicted octanol–water partition coefficient (Wildman–Crippen LogP) is -0.863. The zero-order valence-electron chi connectivity index (χ0n) is 9.43. The molecule has 6 nitrogen and oxygen atoms in total. The van der Waals surface area contributed by atoms with Gasteiger partial charge in [-0.25, -0.2) is 0 Å². The molecule has 1 saturated heterocycles. The molecule has 16 heavy (non-hydrogen) atoms. The molecule has 6 heteroatoms. The molecule has 2 heterocycles. The number of aromatic nitrogens is 2. The second-order valence-electron chi connectivity index (χ2n) is 3.92. The molecule has 0 radical (unpaired) electrons. The van der Waals surface area contributed by atoms with E-state index in [9.17, 15) is 4.79 Å². The number of methoxy groups -OCH3 is 1. The van der Waals surface area contributed by atoms with Gasteiger partial charge in [0.05, 0.1) is 23.9 Å². The molecular formula is C10H16N4O2. The average molecular weight is 224 g/mol. The average Bonchev–Trinajstić information content (AvgIpc) is 2.86. The summed E-state index contributed by atoms with van der Waals surface area (Å²) in [6, 6.07) is 0.0257. The molecule has 0 aliphatic carbocycles. The predicted molar refractivity (Wildman–Crippen MR) is 58.1 cm³/mol. The number of ether oxygens (including phenoxy) is 1. The van der Waals surface area contributed by atoms with Crippen LogP contribution >= 0.6 is 0 Å². The molecule has 1 fully saturated rings. The van der Waals surface area contributed by atoms with E-state index in [1.54, 1.807) is 31.2 Å². The molecule has 0 spiro atoms. The Kier molecular flexibility index (Phi) is 3.21. The lowest BCUT2D eigenvalue weighted by atomic mass is 10.2. The second-order valence-corrected chi connectivity index (χ2v) is 3.92. The van der Waals surface area contributed by atoms with Gasteiger partial charge in [0, 0.05) is 33.4 Å². The van der Waals surface area contributed by atoms with Gasteiger partial charge in [-0.2, -0.15) is 5.10 Å². The van der Waals surface area contributed by atoms with Crippen LogP contribution in [0.5, 0.6) is 0 Å². The number of carbonyl (C=O) groups excluding carboxylic acids is 1. The van der Waals surface area contributed by atoms with Crippen molar-refractivity contribution in [3.63, 3.8) is 0 Å². The molecule has 1 aromatic heterocycles. The Morgan fingerprint density at radius 3 is 3.12 bits per heavy atom. The van der Waals surface area contributed by atoms with Crippen molar-refractivity contribution >= 4 is 5.91 Å². The van der Waals surface area contributed by atoms with E-state index in [1.807, 2.05) is 0 Å². The van der Waals surface area contributed by atoms with Crippen LogP contribution in [0.3, 0.4) is 0 Å². The van der Waals surface area contributed by atoms with E-state index in [0.29, 0.717) is 5.56 Å². The zero-order chi connectivity index (χ0) is 11.5. The fourth-order valence-electron chi connectivity index (χ4n) is 1.84. The van der Waals surface area contributed by atoms with Gasteiger partial charge in [0.25, 0.3) is 5.91 Å². The van der Waals surface area contributed by atoms with Crippen LogP contribution in [0.25, 0.3) is 0 Å². The first-order chi connectivity index (χ1) is 7.70. The summed E-state index contributed by atoms with van der Waals surface area (Å²) in [4.78, 5) is 11.8. The van der Waals surface area contributed by atoms with Crippen molar-refractivity contribution in [1.82, 2.24) is 20.4 Å². The number of hydrogen-bond acceptors (Lipinski definition) is 4. The normalized spacial score (nSPS) is 24.6. The van der Waals surface area contributed by atoms with E-state index >= 15 is 0 Å². The molecule has 2 unspecified atom stereocenters. The Bertz CT molecular complexity index is 377. The van der Waals surface area contributed by atoms with Crippen LogP contribution in [0, 0.1) is 0 Å². The fourth-order valence-corrected chi connectivity index (χ4v) is 1.84. The van der Waals surface area contributed by atoms with Crippen LogP contribution < -0.4 is 10.6 Å². The Morgan fingerprint density at radius 1 is 1.69 bits per heavy atom. The maximum absolute atomic E-state index is 11.8. The van der Waals surface area contributed by atoms with Crippen LogP contribution in [-0.2, 0) is 11.8 Å². The lowest BCUT2D eigenvalue weighted by Crippen LogP contribution is -2.43. The molecule has 88 valence electrons. The second kappa shape index (κ2) is 4.63. The van der Waals surface area contributed by atoms with Gasteiger partial charge in [0.1, 0.15) is 0 Å². The quantitative estimate of drug-likeness (QED) is 0.701. The molecule has 1 aliphatic rings. The summed E-state index contributed by atoms with van der Waals surface area (Å²) in [6.45, 7) is 1.51. The molecule has 1 aliphatic heterocycles. The summed E-state index contributed by atoms with van der Waals surface area (Å²) in [5, 5.41) is 10.1. The summed E-state index contributed by atoms with van der Waals surface area (Å²) < 4.78 is 6.87. The highest BCUT2D eigenvalue weighted by atomic mass is 16.5. The molecule has 2 rings (SSSR count). The number of rotatable bonds is 3. The zero-order valence-corrected chi connectivity index (χ0v) is 9.43. The third kappa shape index (κ3) is 2.23. The van der Waals surface area contributed by atoms with Gasteiger partial charge in [-0.1, -0.05) is 0 Å². The summed E-state index contributed by atoms with van der Waals surface area (Å²) in [5.41, 5.74) is 0.573. The first-order valence-corrected chi connectivity index (χ1v) is 5.23. The highest BCUT2D eigenvalue weighted by Crippen LogP contribution is 2.05. The molecular weight excluding hydrogens is 208 g/mol. The van der Waals surface area contributed by atoms with E-state index < -0.39 is 0 Å². The van der Waals surface area contributed by atoms with Crippen molar-refractivity contribution in [3.8, 4) is 0 Å². The largest absolute Gasteiger partial charge is 0.378 e. The third-order valence-corrected chi connectivity index (χ3v) is 2.74. The minimum atomic E-state index is -0.108. The van der Waals surface area contributed by atoms with E-state index in [1.165, 1.54) is 0 Å². The van der Waals surface area contributed by atoms with Gasteiger partial charge in [0.15, 0.2) is 0 Å². The Hall–Kier alpha value is -1.40. The molecule has 0 bridgehead atoms. The number of amides is 1. The van der Waals surface area contributed by atoms with Crippen molar-refractivity contribution in [2.45, 2.75) is 12.1 Å². The summed E-state index contributed by atoms with van der Waals surface area (Å²) in [5.74, 6) is -0.108. The minimum absolute atomic E-state index is 0.0257. The first-order valence-electron chi connectivity index (χ1n) is 5.23. The maximum Gasteiger partial charge on any atom is 0.254 e. The van der Waals surface area contributed by atoms with Crippen molar-refractivity contribution < 1.29 is 9.53 Å². The highest BCUT2D eigenvalue weighted by molar-refractivity contribution is 5.93. The molecule has 2 N–H and O–H groups in total. The fraction of sp³-hybridized carbons (Fsp3) is 0.600. The van der Waals surface area contributed by atoms with Gasteiger partial charge in [0.2, 0.25) is 0 Å². The van der Waals surface area contributed by atoms with E-state index in [0.717, 1.165) is 13.1 Å². The lowest BCUT2D eigenvalue weighted by molar-refractivity contribution is 0.0780. The van der Waals surface area contributed by atoms with Gasteiger partial charge in [-0.05, 0) is 0 Å². The van der Waals surface area contributed by atoms with Crippen LogP contribution in [0.4, 0.5) is 0 Å². The standard InChI is InChI=1S/C10H16N4O2/c1-14-6-7(3-12-14)10(15)13-8-4-11-5-9(8)16-2/h3,6,8-9,11H,4-5H2,1-2H3,(H,13,15). The number of nitrogens with zero attached hydrogens (tertiary/aromatic N) is 2. The van der Waals surface area contributed by atoms with E-state index in [2.05, 4.69) is 15.7 Å². The van der Waals surface area contributed by atoms with Gasteiger partial charge >= 0.3 is 0 Å². The van der Waals surface area contributed by atoms with Crippen LogP contribution in [-0.4, -0.2) is 48.0 Å². The Labute approximate surface area is 94.0 Å². The highest BCUT2D eigenvalue weighted by Gasteiger charge is 2.28. The van der Waals surface area contributed by atoms with Crippen LogP contribution in [0.2, 0.25) is 0 Å². The first kappa shape index (κ1) is 11.1. The number of hydrogen-bond donors (Lipinski definition) is 2. The molecule has 0 aromatic carbocycles. The molecule has 1 aromatic rings. The van der Waals surface area contributed by atoms with E-state index in [4.69, 9.17) is 4.74 Å². The Morgan fingerprint density at radius 2 is 2.50 bits per heavy atom. The van der Waals surface area contributed by atoms with Crippen LogP contribution in [0.1, 0.15) is 10.4 Å². The number of nitrogens with one attached hydrogen (secondary N) is 2. The Balaban J connectivity index is 1.97. The van der Waals surface area contributed by atoms with Crippen molar-refractivity contribution in [1.29, 1.82) is 0 Å². The minimum Gasteiger partial charge on any atom is -0.378 e. The van der Waals surface area contributed by atoms with E-state index in [-0.39, 0.29) is 18.1 Å². The molecule has 2 atom stereocenters. The van der Waals surface area contributed by atoms with Gasteiger partial charge < -0.3 is 15.4 Å². The topological polar surface area (TPSA) is 68.2 Å². The van der Waals surface area contributed by atoms with Crippen LogP contribution in [0.15, 0.2) is 12.4 Å². The van der Waals surface area contributed by atoms with Crippen molar-refractivity contribution in [2.75, 3.05) is 20.2 Å². The summed E-state index contributed by atoms with van der Waals surface area (Å²) >= 11 is 0. The summed E-state index contributed by atoms with van der Waals surface area (Å²) in [6.07, 6.45) is 3.29. The van der Waals surface area contributed by atoms with Crippen molar-refractivity contribution in [3.05, 3.63) is 18.0 Å². The number of aryl methyl sites for hydroxylation is 1. The third-order valence-electron chi connectivity index (χ3n) is 2.74. The van der Waals surface area contributed by atoms with Gasteiger partial charge in [-0.3, -0.25) is 9.48 Å². The molecule has 0 saturated carbocycles. The maximum atomic E-state index is 11.8. The SMILES string of the molecule is COC1CNCC1NC(=O)c1cnn(C)c1. The van der Waals surface area contributed by atoms with Crippen molar-refractivity contribution in [2.24, 2.45) is 7.05 Å². The lowest BCUT2D eigenvalue weighted by Gasteiger charge is -2.17. The molecule has 1 amide bonds. The summed E-state index contributed by atoms with van der Waals surface area (Å²) in [7, 11) is 3.44.